The Morgan fingerprint density at radius 1 is 1.13 bits per heavy atom. The van der Waals surface area contributed by atoms with Crippen molar-refractivity contribution in [2.45, 2.75) is 19.9 Å². The van der Waals surface area contributed by atoms with E-state index in [9.17, 15) is 9.59 Å². The predicted molar refractivity (Wildman–Crippen MR) is 123 cm³/mol. The summed E-state index contributed by atoms with van der Waals surface area (Å²) in [7, 11) is 0. The van der Waals surface area contributed by atoms with Gasteiger partial charge in [0.05, 0.1) is 12.1 Å². The summed E-state index contributed by atoms with van der Waals surface area (Å²) in [5.41, 5.74) is 4.28. The Morgan fingerprint density at radius 3 is 2.71 bits per heavy atom. The Balaban J connectivity index is 1.18. The molecular weight excluding hydrogens is 430 g/mol. The molecule has 31 heavy (non-hydrogen) atoms. The quantitative estimate of drug-likeness (QED) is 0.510. The predicted octanol–water partition coefficient (Wildman–Crippen LogP) is 3.61. The minimum absolute atomic E-state index is 0.0815. The number of ether oxygens (including phenoxy) is 1. The number of benzene rings is 1. The van der Waals surface area contributed by atoms with Gasteiger partial charge in [0.2, 0.25) is 0 Å². The van der Waals surface area contributed by atoms with E-state index >= 15 is 0 Å². The summed E-state index contributed by atoms with van der Waals surface area (Å²) in [5, 5.41) is 6.78. The molecule has 0 radical (unpaired) electrons. The molecule has 1 aromatic carbocycles. The smallest absolute Gasteiger partial charge is 0.312 e. The Bertz CT molecular complexity index is 1020. The molecule has 0 spiro atoms. The molecule has 3 aromatic rings. The van der Waals surface area contributed by atoms with Crippen molar-refractivity contribution >= 4 is 34.6 Å². The van der Waals surface area contributed by atoms with Gasteiger partial charge in [-0.05, 0) is 23.9 Å². The van der Waals surface area contributed by atoms with Gasteiger partial charge in [0.15, 0.2) is 6.61 Å². The lowest BCUT2D eigenvalue weighted by Crippen LogP contribution is -2.49. The molecule has 1 aliphatic heterocycles. The number of esters is 1. The van der Waals surface area contributed by atoms with Gasteiger partial charge < -0.3 is 9.64 Å². The fourth-order valence-electron chi connectivity index (χ4n) is 3.56. The van der Waals surface area contributed by atoms with Crippen molar-refractivity contribution in [3.8, 4) is 10.6 Å². The Hall–Kier alpha value is -2.55. The molecule has 1 fully saturated rings. The number of thiazole rings is 1. The van der Waals surface area contributed by atoms with E-state index in [2.05, 4.69) is 41.1 Å². The van der Waals surface area contributed by atoms with Gasteiger partial charge in [0.25, 0.3) is 5.91 Å². The van der Waals surface area contributed by atoms with Gasteiger partial charge in [-0.25, -0.2) is 4.98 Å². The fraction of sp³-hybridized carbons (Fsp3) is 0.348. The molecular formula is C23H25N3O3S2. The van der Waals surface area contributed by atoms with Crippen LogP contribution >= 0.6 is 22.7 Å². The van der Waals surface area contributed by atoms with Crippen molar-refractivity contribution in [2.24, 2.45) is 0 Å². The molecule has 2 aromatic heterocycles. The highest BCUT2D eigenvalue weighted by Gasteiger charge is 2.22. The maximum atomic E-state index is 12.4. The molecule has 0 aliphatic carbocycles. The van der Waals surface area contributed by atoms with Crippen molar-refractivity contribution in [1.82, 2.24) is 14.8 Å². The highest BCUT2D eigenvalue weighted by Crippen LogP contribution is 2.25. The van der Waals surface area contributed by atoms with Crippen LogP contribution in [0, 0.1) is 6.92 Å². The van der Waals surface area contributed by atoms with Crippen LogP contribution in [-0.4, -0.2) is 59.4 Å². The number of hydrogen-bond donors (Lipinski definition) is 0. The van der Waals surface area contributed by atoms with Crippen LogP contribution in [0.2, 0.25) is 0 Å². The van der Waals surface area contributed by atoms with E-state index in [0.29, 0.717) is 18.8 Å². The number of thiophene rings is 1. The number of hydrogen-bond acceptors (Lipinski definition) is 7. The standard InChI is InChI=1S/C23H25N3O3S2/c1-17-3-2-4-18(11-17)13-25-6-8-26(9-7-25)21(27)14-29-22(28)12-20-16-31-23(24-20)19-5-10-30-15-19/h2-5,10-11,15-16H,6-9,12-14H2,1H3. The van der Waals surface area contributed by atoms with Crippen molar-refractivity contribution < 1.29 is 14.3 Å². The number of aryl methyl sites for hydroxylation is 1. The largest absolute Gasteiger partial charge is 0.455 e. The van der Waals surface area contributed by atoms with Crippen LogP contribution in [0.5, 0.6) is 0 Å². The normalized spacial score (nSPS) is 14.5. The highest BCUT2D eigenvalue weighted by molar-refractivity contribution is 7.14. The van der Waals surface area contributed by atoms with E-state index in [4.69, 9.17) is 4.74 Å². The molecule has 4 rings (SSSR count). The molecule has 0 atom stereocenters. The van der Waals surface area contributed by atoms with Crippen molar-refractivity contribution in [1.29, 1.82) is 0 Å². The Labute approximate surface area is 190 Å². The first kappa shape index (κ1) is 21.7. The van der Waals surface area contributed by atoms with Crippen LogP contribution < -0.4 is 0 Å². The first-order chi connectivity index (χ1) is 15.1. The van der Waals surface area contributed by atoms with Crippen molar-refractivity contribution in [3.63, 3.8) is 0 Å². The topological polar surface area (TPSA) is 62.7 Å². The minimum atomic E-state index is -0.423. The Morgan fingerprint density at radius 2 is 1.97 bits per heavy atom. The molecule has 1 saturated heterocycles. The lowest BCUT2D eigenvalue weighted by Gasteiger charge is -2.34. The van der Waals surface area contributed by atoms with Gasteiger partial charge in [0.1, 0.15) is 5.01 Å². The number of nitrogens with zero attached hydrogens (tertiary/aromatic N) is 3. The number of piperazine rings is 1. The van der Waals surface area contributed by atoms with Gasteiger partial charge >= 0.3 is 5.97 Å². The summed E-state index contributed by atoms with van der Waals surface area (Å²) in [6.45, 7) is 5.71. The third-order valence-corrected chi connectivity index (χ3v) is 6.84. The van der Waals surface area contributed by atoms with Gasteiger partial charge in [0, 0.05) is 49.0 Å². The van der Waals surface area contributed by atoms with Gasteiger partial charge in [-0.2, -0.15) is 11.3 Å². The van der Waals surface area contributed by atoms with Crippen LogP contribution in [0.25, 0.3) is 10.6 Å². The summed E-state index contributed by atoms with van der Waals surface area (Å²) in [6.07, 6.45) is 0.0815. The minimum Gasteiger partial charge on any atom is -0.455 e. The average molecular weight is 456 g/mol. The SMILES string of the molecule is Cc1cccc(CN2CCN(C(=O)COC(=O)Cc3csc(-c4ccsc4)n3)CC2)c1. The molecule has 3 heterocycles. The molecule has 0 bridgehead atoms. The second-order valence-corrected chi connectivity index (χ2v) is 9.28. The maximum absolute atomic E-state index is 12.4. The first-order valence-electron chi connectivity index (χ1n) is 10.2. The van der Waals surface area contributed by atoms with E-state index < -0.39 is 5.97 Å². The molecule has 8 heteroatoms. The summed E-state index contributed by atoms with van der Waals surface area (Å²) >= 11 is 3.12. The average Bonchev–Trinajstić information content (AvgIpc) is 3.45. The Kier molecular flexibility index (Phi) is 7.11. The van der Waals surface area contributed by atoms with E-state index in [1.807, 2.05) is 22.2 Å². The van der Waals surface area contributed by atoms with E-state index in [1.165, 1.54) is 22.5 Å². The second-order valence-electron chi connectivity index (χ2n) is 7.64. The summed E-state index contributed by atoms with van der Waals surface area (Å²) in [4.78, 5) is 33.2. The van der Waals surface area contributed by atoms with Crippen molar-refractivity contribution in [3.05, 3.63) is 63.3 Å². The molecule has 162 valence electrons. The lowest BCUT2D eigenvalue weighted by atomic mass is 10.1. The molecule has 6 nitrogen and oxygen atoms in total. The molecule has 1 amide bonds. The zero-order chi connectivity index (χ0) is 21.6. The number of carbonyl (C=O) groups excluding carboxylic acids is 2. The van der Waals surface area contributed by atoms with Gasteiger partial charge in [-0.1, -0.05) is 29.8 Å². The van der Waals surface area contributed by atoms with Crippen LogP contribution in [0.4, 0.5) is 0 Å². The third kappa shape index (κ3) is 6.00. The molecule has 0 unspecified atom stereocenters. The third-order valence-electron chi connectivity index (χ3n) is 5.22. The van der Waals surface area contributed by atoms with Crippen LogP contribution in [0.1, 0.15) is 16.8 Å². The van der Waals surface area contributed by atoms with Crippen LogP contribution in [0.15, 0.2) is 46.5 Å². The maximum Gasteiger partial charge on any atom is 0.312 e. The van der Waals surface area contributed by atoms with Gasteiger partial charge in [-0.3, -0.25) is 14.5 Å². The number of carbonyl (C=O) groups is 2. The van der Waals surface area contributed by atoms with Gasteiger partial charge in [-0.15, -0.1) is 11.3 Å². The van der Waals surface area contributed by atoms with Crippen LogP contribution in [-0.2, 0) is 27.3 Å². The first-order valence-corrected chi connectivity index (χ1v) is 12.1. The summed E-state index contributed by atoms with van der Waals surface area (Å²) < 4.78 is 5.22. The highest BCUT2D eigenvalue weighted by atomic mass is 32.1. The number of amides is 1. The number of aromatic nitrogens is 1. The number of rotatable bonds is 7. The monoisotopic (exact) mass is 455 g/mol. The van der Waals surface area contributed by atoms with E-state index in [-0.39, 0.29) is 18.9 Å². The summed E-state index contributed by atoms with van der Waals surface area (Å²) in [5.74, 6) is -0.561. The zero-order valence-corrected chi connectivity index (χ0v) is 19.1. The molecule has 1 aliphatic rings. The van der Waals surface area contributed by atoms with E-state index in [1.54, 1.807) is 16.2 Å². The van der Waals surface area contributed by atoms with Crippen LogP contribution in [0.3, 0.4) is 0 Å². The fourth-order valence-corrected chi connectivity index (χ4v) is 5.10. The van der Waals surface area contributed by atoms with Crippen molar-refractivity contribution in [2.75, 3.05) is 32.8 Å². The lowest BCUT2D eigenvalue weighted by molar-refractivity contribution is -0.152. The van der Waals surface area contributed by atoms with E-state index in [0.717, 1.165) is 30.2 Å². The molecule has 0 saturated carbocycles. The zero-order valence-electron chi connectivity index (χ0n) is 17.5. The molecule has 0 N–H and O–H groups in total. The summed E-state index contributed by atoms with van der Waals surface area (Å²) in [6, 6.07) is 10.5. The second kappa shape index (κ2) is 10.2.